The van der Waals surface area contributed by atoms with Crippen LogP contribution in [0.2, 0.25) is 0 Å². The van der Waals surface area contributed by atoms with Crippen LogP contribution in [0.5, 0.6) is 0 Å². The molecular formula is C16H21NO5S. The second-order valence-corrected chi connectivity index (χ2v) is 8.06. The summed E-state index contributed by atoms with van der Waals surface area (Å²) < 4.78 is 35.3. The molecule has 1 aromatic carbocycles. The number of hydrogen-bond donors (Lipinski definition) is 1. The fourth-order valence-corrected chi connectivity index (χ4v) is 4.50. The maximum atomic E-state index is 12.4. The van der Waals surface area contributed by atoms with Crippen molar-refractivity contribution in [1.29, 1.82) is 0 Å². The molecule has 6 nitrogen and oxygen atoms in total. The Labute approximate surface area is 136 Å². The SMILES string of the molecule is O=C(Nc1ccc(S(=O)(=O)C[C@H]2CCOC2)cc1)[C@@H]1CCCO1. The van der Waals surface area contributed by atoms with Crippen LogP contribution in [-0.2, 0) is 24.1 Å². The molecule has 1 amide bonds. The summed E-state index contributed by atoms with van der Waals surface area (Å²) in [6.07, 6.45) is 2.00. The average Bonchev–Trinajstić information content (AvgIpc) is 3.20. The Morgan fingerprint density at radius 3 is 2.57 bits per heavy atom. The van der Waals surface area contributed by atoms with Gasteiger partial charge in [-0.3, -0.25) is 4.79 Å². The van der Waals surface area contributed by atoms with Gasteiger partial charge in [0.15, 0.2) is 9.84 Å². The smallest absolute Gasteiger partial charge is 0.253 e. The van der Waals surface area contributed by atoms with Gasteiger partial charge in [-0.05, 0) is 49.4 Å². The molecule has 0 aromatic heterocycles. The van der Waals surface area contributed by atoms with Crippen molar-refractivity contribution in [2.45, 2.75) is 30.3 Å². The number of carbonyl (C=O) groups excluding carboxylic acids is 1. The highest BCUT2D eigenvalue weighted by Gasteiger charge is 2.25. The molecule has 1 aromatic rings. The van der Waals surface area contributed by atoms with Crippen molar-refractivity contribution in [3.05, 3.63) is 24.3 Å². The first-order chi connectivity index (χ1) is 11.0. The third-order valence-electron chi connectivity index (χ3n) is 4.18. The number of ether oxygens (including phenoxy) is 2. The third kappa shape index (κ3) is 4.10. The van der Waals surface area contributed by atoms with Gasteiger partial charge in [-0.15, -0.1) is 0 Å². The largest absolute Gasteiger partial charge is 0.381 e. The van der Waals surface area contributed by atoms with E-state index >= 15 is 0 Å². The summed E-state index contributed by atoms with van der Waals surface area (Å²) in [5.74, 6) is -0.00524. The van der Waals surface area contributed by atoms with E-state index in [1.54, 1.807) is 12.1 Å². The van der Waals surface area contributed by atoms with Gasteiger partial charge in [0.1, 0.15) is 6.10 Å². The monoisotopic (exact) mass is 339 g/mol. The lowest BCUT2D eigenvalue weighted by Crippen LogP contribution is -2.26. The Morgan fingerprint density at radius 1 is 1.17 bits per heavy atom. The van der Waals surface area contributed by atoms with Gasteiger partial charge in [0, 0.05) is 18.9 Å². The Hall–Kier alpha value is -1.44. The lowest BCUT2D eigenvalue weighted by molar-refractivity contribution is -0.124. The lowest BCUT2D eigenvalue weighted by Gasteiger charge is -2.12. The van der Waals surface area contributed by atoms with E-state index in [-0.39, 0.29) is 22.5 Å². The molecule has 0 saturated carbocycles. The van der Waals surface area contributed by atoms with Crippen LogP contribution in [0.25, 0.3) is 0 Å². The summed E-state index contributed by atoms with van der Waals surface area (Å²) >= 11 is 0. The van der Waals surface area contributed by atoms with E-state index in [0.717, 1.165) is 19.3 Å². The minimum atomic E-state index is -3.32. The van der Waals surface area contributed by atoms with Crippen LogP contribution in [0.3, 0.4) is 0 Å². The third-order valence-corrected chi connectivity index (χ3v) is 6.08. The van der Waals surface area contributed by atoms with Gasteiger partial charge in [-0.2, -0.15) is 0 Å². The Bertz CT molecular complexity index is 644. The van der Waals surface area contributed by atoms with Crippen molar-refractivity contribution in [2.75, 3.05) is 30.9 Å². The molecule has 2 heterocycles. The normalized spacial score (nSPS) is 24.7. The summed E-state index contributed by atoms with van der Waals surface area (Å²) in [7, 11) is -3.32. The van der Waals surface area contributed by atoms with Crippen LogP contribution in [0.4, 0.5) is 5.69 Å². The molecule has 0 bridgehead atoms. The Balaban J connectivity index is 1.62. The van der Waals surface area contributed by atoms with Crippen LogP contribution in [-0.4, -0.2) is 46.0 Å². The van der Waals surface area contributed by atoms with Gasteiger partial charge in [0.05, 0.1) is 17.3 Å². The van der Waals surface area contributed by atoms with Gasteiger partial charge in [0.25, 0.3) is 5.91 Å². The van der Waals surface area contributed by atoms with E-state index in [1.165, 1.54) is 12.1 Å². The first-order valence-electron chi connectivity index (χ1n) is 7.88. The minimum Gasteiger partial charge on any atom is -0.381 e. The molecule has 0 radical (unpaired) electrons. The summed E-state index contributed by atoms with van der Waals surface area (Å²) in [6.45, 7) is 1.75. The molecule has 126 valence electrons. The first-order valence-corrected chi connectivity index (χ1v) is 9.53. The fraction of sp³-hybridized carbons (Fsp3) is 0.562. The Morgan fingerprint density at radius 2 is 1.96 bits per heavy atom. The highest BCUT2D eigenvalue weighted by atomic mass is 32.2. The summed E-state index contributed by atoms with van der Waals surface area (Å²) in [6, 6.07) is 6.31. The number of benzene rings is 1. The predicted molar refractivity (Wildman–Crippen MR) is 85.0 cm³/mol. The minimum absolute atomic E-state index is 0.0684. The van der Waals surface area contributed by atoms with Crippen LogP contribution in [0.1, 0.15) is 19.3 Å². The van der Waals surface area contributed by atoms with E-state index in [1.807, 2.05) is 0 Å². The van der Waals surface area contributed by atoms with Crippen molar-refractivity contribution in [1.82, 2.24) is 0 Å². The molecule has 0 unspecified atom stereocenters. The van der Waals surface area contributed by atoms with E-state index < -0.39 is 15.9 Å². The number of sulfone groups is 1. The topological polar surface area (TPSA) is 81.7 Å². The van der Waals surface area contributed by atoms with E-state index in [9.17, 15) is 13.2 Å². The molecule has 1 N–H and O–H groups in total. The molecule has 0 aliphatic carbocycles. The molecule has 2 aliphatic heterocycles. The highest BCUT2D eigenvalue weighted by molar-refractivity contribution is 7.91. The molecule has 7 heteroatoms. The van der Waals surface area contributed by atoms with Gasteiger partial charge in [-0.25, -0.2) is 8.42 Å². The highest BCUT2D eigenvalue weighted by Crippen LogP contribution is 2.22. The van der Waals surface area contributed by atoms with Crippen molar-refractivity contribution in [2.24, 2.45) is 5.92 Å². The van der Waals surface area contributed by atoms with Crippen molar-refractivity contribution in [3.63, 3.8) is 0 Å². The number of hydrogen-bond acceptors (Lipinski definition) is 5. The number of anilines is 1. The maximum Gasteiger partial charge on any atom is 0.253 e. The summed E-state index contributed by atoms with van der Waals surface area (Å²) in [4.78, 5) is 12.2. The lowest BCUT2D eigenvalue weighted by atomic mass is 10.2. The van der Waals surface area contributed by atoms with Crippen LogP contribution >= 0.6 is 0 Å². The fourth-order valence-electron chi connectivity index (χ4n) is 2.87. The molecule has 2 atom stereocenters. The van der Waals surface area contributed by atoms with Crippen LogP contribution < -0.4 is 5.32 Å². The molecule has 3 rings (SSSR count). The molecule has 2 aliphatic rings. The van der Waals surface area contributed by atoms with Gasteiger partial charge >= 0.3 is 0 Å². The zero-order chi connectivity index (χ0) is 16.3. The molecule has 0 spiro atoms. The van der Waals surface area contributed by atoms with E-state index in [2.05, 4.69) is 5.32 Å². The Kier molecular flexibility index (Phi) is 4.99. The number of carbonyl (C=O) groups is 1. The quantitative estimate of drug-likeness (QED) is 0.881. The van der Waals surface area contributed by atoms with Crippen LogP contribution in [0.15, 0.2) is 29.2 Å². The standard InChI is InChI=1S/C16H21NO5S/c18-16(15-2-1-8-22-15)17-13-3-5-14(6-4-13)23(19,20)11-12-7-9-21-10-12/h3-6,12,15H,1-2,7-11H2,(H,17,18)/t12-,15-/m0/s1. The first kappa shape index (κ1) is 16.4. The second kappa shape index (κ2) is 6.98. The van der Waals surface area contributed by atoms with Gasteiger partial charge < -0.3 is 14.8 Å². The van der Waals surface area contributed by atoms with Crippen molar-refractivity contribution < 1.29 is 22.7 Å². The zero-order valence-corrected chi connectivity index (χ0v) is 13.7. The average molecular weight is 339 g/mol. The molecule has 23 heavy (non-hydrogen) atoms. The summed E-state index contributed by atoms with van der Waals surface area (Å²) in [5, 5.41) is 2.76. The molecule has 2 saturated heterocycles. The molecule has 2 fully saturated rings. The maximum absolute atomic E-state index is 12.4. The predicted octanol–water partition coefficient (Wildman–Crippen LogP) is 1.61. The van der Waals surface area contributed by atoms with E-state index in [4.69, 9.17) is 9.47 Å². The van der Waals surface area contributed by atoms with Crippen molar-refractivity contribution >= 4 is 21.4 Å². The number of nitrogens with one attached hydrogen (secondary N) is 1. The summed E-state index contributed by atoms with van der Waals surface area (Å²) in [5.41, 5.74) is 0.577. The van der Waals surface area contributed by atoms with E-state index in [0.29, 0.717) is 25.5 Å². The van der Waals surface area contributed by atoms with Crippen molar-refractivity contribution in [3.8, 4) is 0 Å². The number of amides is 1. The van der Waals surface area contributed by atoms with Gasteiger partial charge in [-0.1, -0.05) is 0 Å². The van der Waals surface area contributed by atoms with Crippen LogP contribution in [0, 0.1) is 5.92 Å². The number of rotatable bonds is 5. The molecular weight excluding hydrogens is 318 g/mol. The second-order valence-electron chi connectivity index (χ2n) is 6.03. The zero-order valence-electron chi connectivity index (χ0n) is 12.9. The van der Waals surface area contributed by atoms with Gasteiger partial charge in [0.2, 0.25) is 0 Å².